The fraction of sp³-hybridized carbons (Fsp3) is 0.536. The number of aryl methyl sites for hydroxylation is 6. The molecule has 0 aromatic heterocycles. The lowest BCUT2D eigenvalue weighted by molar-refractivity contribution is -0.142. The van der Waals surface area contributed by atoms with E-state index in [1.807, 2.05) is 67.7 Å². The molecule has 2 amide bonds. The number of rotatable bonds is 42. The highest BCUT2D eigenvalue weighted by Crippen LogP contribution is 2.31. The smallest absolute Gasteiger partial charge is 0.329 e. The number of hydrogen-bond donors (Lipinski definition) is 2. The molecule has 0 bridgehead atoms. The highest BCUT2D eigenvalue weighted by Gasteiger charge is 2.29. The standard InChI is InChI=1S/2C28H41N3O7S.C14H22N2O2.C14H21NO6S.2ClH/c2*1-22-17-26(35-5)18-23(2)28(22)39(33,34)30(4)9-13-37-21-27(32)29(3)20-24-7-6-8-25(19-24)38-16-12-31-10-14-36-15-11-31;1-15-12-13-3-2-4-14(11-13)18-10-7-16-5-8-17-9-6-16;1-10-7-12(20-4)8-11(2)14(10)22(18,19)15(3)5-6-21-9-13(16)17;;/h2*6-8,17-19H,9-16,20-21H2,1-5H3;2-4,11,15H,5-10,12H2,1H3;7-8H,5-6,9H2,1-4H3,(H,16,17);2*1H. The molecule has 3 aliphatic heterocycles. The zero-order valence-corrected chi connectivity index (χ0v) is 76.3. The quantitative estimate of drug-likeness (QED) is 0.0348. The molecule has 0 aliphatic carbocycles. The van der Waals surface area contributed by atoms with Crippen LogP contribution in [-0.4, -0.2) is 327 Å². The summed E-state index contributed by atoms with van der Waals surface area (Å²) in [4.78, 5) is 46.5. The molecule has 0 saturated carbocycles. The maximum Gasteiger partial charge on any atom is 0.329 e. The predicted octanol–water partition coefficient (Wildman–Crippen LogP) is 7.63. The van der Waals surface area contributed by atoms with Crippen LogP contribution in [-0.2, 0) is 92.5 Å². The van der Waals surface area contributed by atoms with Crippen molar-refractivity contribution in [2.24, 2.45) is 0 Å². The van der Waals surface area contributed by atoms with Gasteiger partial charge in [-0.05, 0) is 171 Å². The molecular formula is C84H127Cl2N9O22S3. The van der Waals surface area contributed by atoms with Gasteiger partial charge in [0.25, 0.3) is 0 Å². The first-order chi connectivity index (χ1) is 56.3. The Hall–Kier alpha value is -7.56. The molecule has 0 spiro atoms. The first kappa shape index (κ1) is 105. The van der Waals surface area contributed by atoms with Crippen LogP contribution in [0.3, 0.4) is 0 Å². The van der Waals surface area contributed by atoms with Crippen LogP contribution in [0.1, 0.15) is 50.1 Å². The van der Waals surface area contributed by atoms with Gasteiger partial charge >= 0.3 is 5.97 Å². The molecule has 0 unspecified atom stereocenters. The first-order valence-corrected chi connectivity index (χ1v) is 43.6. The second-order valence-electron chi connectivity index (χ2n) is 28.7. The van der Waals surface area contributed by atoms with Crippen LogP contribution in [0.2, 0.25) is 0 Å². The van der Waals surface area contributed by atoms with Gasteiger partial charge in [0.15, 0.2) is 0 Å². The van der Waals surface area contributed by atoms with Gasteiger partial charge in [0.1, 0.15) is 74.1 Å². The van der Waals surface area contributed by atoms with Crippen molar-refractivity contribution in [3.05, 3.63) is 159 Å². The number of methoxy groups -OCH3 is 3. The van der Waals surface area contributed by atoms with E-state index in [0.717, 1.165) is 144 Å². The van der Waals surface area contributed by atoms with Crippen molar-refractivity contribution in [3.8, 4) is 34.5 Å². The monoisotopic (exact) mass is 1780 g/mol. The number of nitrogens with one attached hydrogen (secondary N) is 1. The van der Waals surface area contributed by atoms with E-state index in [2.05, 4.69) is 32.1 Å². The number of carboxylic acid groups (broad SMARTS) is 1. The number of nitrogens with zero attached hydrogens (tertiary/aromatic N) is 8. The van der Waals surface area contributed by atoms with Gasteiger partial charge in [-0.15, -0.1) is 24.8 Å². The third-order valence-corrected chi connectivity index (χ3v) is 25.9. The van der Waals surface area contributed by atoms with Crippen molar-refractivity contribution in [3.63, 3.8) is 0 Å². The van der Waals surface area contributed by atoms with Crippen LogP contribution in [0.4, 0.5) is 0 Å². The number of carboxylic acids is 1. The summed E-state index contributed by atoms with van der Waals surface area (Å²) in [6.07, 6.45) is 0. The minimum atomic E-state index is -3.72. The van der Waals surface area contributed by atoms with E-state index in [0.29, 0.717) is 76.9 Å². The summed E-state index contributed by atoms with van der Waals surface area (Å²) < 4.78 is 147. The van der Waals surface area contributed by atoms with E-state index in [4.69, 9.17) is 61.9 Å². The Morgan fingerprint density at radius 2 is 0.667 bits per heavy atom. The van der Waals surface area contributed by atoms with Crippen molar-refractivity contribution in [1.82, 2.24) is 42.7 Å². The summed E-state index contributed by atoms with van der Waals surface area (Å²) >= 11 is 0. The van der Waals surface area contributed by atoms with Crippen molar-refractivity contribution >= 4 is 72.7 Å². The topological polar surface area (TPSA) is 323 Å². The van der Waals surface area contributed by atoms with Gasteiger partial charge in [0.05, 0.1) is 95.5 Å². The van der Waals surface area contributed by atoms with E-state index in [9.17, 15) is 39.6 Å². The lowest BCUT2D eigenvalue weighted by atomic mass is 10.1. The van der Waals surface area contributed by atoms with Gasteiger partial charge in [-0.1, -0.05) is 36.4 Å². The number of sulfonamides is 3. The first-order valence-electron chi connectivity index (χ1n) is 39.3. The van der Waals surface area contributed by atoms with Gasteiger partial charge in [0.2, 0.25) is 41.9 Å². The largest absolute Gasteiger partial charge is 0.497 e. The molecule has 6 aromatic rings. The van der Waals surface area contributed by atoms with Gasteiger partial charge < -0.3 is 77.1 Å². The average molecular weight is 1780 g/mol. The Balaban J connectivity index is 0.000000350. The zero-order valence-electron chi connectivity index (χ0n) is 72.2. The number of benzene rings is 6. The normalized spacial score (nSPS) is 14.0. The van der Waals surface area contributed by atoms with Gasteiger partial charge in [-0.25, -0.2) is 30.0 Å². The van der Waals surface area contributed by atoms with Crippen molar-refractivity contribution in [1.29, 1.82) is 0 Å². The van der Waals surface area contributed by atoms with E-state index >= 15 is 0 Å². The van der Waals surface area contributed by atoms with Crippen LogP contribution < -0.4 is 33.7 Å². The molecule has 31 nitrogen and oxygen atoms in total. The molecule has 3 saturated heterocycles. The number of aliphatic carboxylic acids is 1. The third-order valence-electron chi connectivity index (χ3n) is 19.4. The van der Waals surface area contributed by atoms with Crippen LogP contribution in [0, 0.1) is 41.5 Å². The van der Waals surface area contributed by atoms with E-state index in [-0.39, 0.29) is 104 Å². The average Bonchev–Trinajstić information content (AvgIpc) is 0.794. The Kier molecular flexibility index (Phi) is 47.3. The molecule has 672 valence electrons. The molecule has 3 heterocycles. The molecule has 6 aromatic carbocycles. The van der Waals surface area contributed by atoms with E-state index in [1.165, 1.54) is 42.4 Å². The Morgan fingerprint density at radius 3 is 0.933 bits per heavy atom. The van der Waals surface area contributed by atoms with Gasteiger partial charge in [-0.3, -0.25) is 24.3 Å². The lowest BCUT2D eigenvalue weighted by Crippen LogP contribution is -2.38. The minimum absolute atomic E-state index is 0. The maximum atomic E-state index is 13.1. The Morgan fingerprint density at radius 1 is 0.400 bits per heavy atom. The summed E-state index contributed by atoms with van der Waals surface area (Å²) in [5.41, 5.74) is 6.79. The summed E-state index contributed by atoms with van der Waals surface area (Å²) in [5, 5.41) is 11.6. The highest BCUT2D eigenvalue weighted by molar-refractivity contribution is 7.89. The number of hydrogen-bond acceptors (Lipinski definition) is 25. The fourth-order valence-corrected chi connectivity index (χ4v) is 17.6. The fourth-order valence-electron chi connectivity index (χ4n) is 12.9. The Labute approximate surface area is 723 Å². The molecule has 36 heteroatoms. The van der Waals surface area contributed by atoms with Crippen LogP contribution >= 0.6 is 24.8 Å². The molecular weight excluding hydrogens is 1650 g/mol. The van der Waals surface area contributed by atoms with E-state index < -0.39 is 42.6 Å². The number of likely N-dealkylation sites (N-methyl/N-ethyl adjacent to an activating group) is 5. The SMILES string of the molecule is CNCc1cccc(OCCN2CCOCC2)c1.COc1cc(C)c(S(=O)(=O)N(C)CCOCC(=O)N(C)Cc2cccc(OCCN3CCOCC3)c2)c(C)c1.COc1cc(C)c(S(=O)(=O)N(C)CCOCC(=O)N(C)Cc2cccc(OCCN3CCOCC3)c2)c(C)c1.COc1cc(C)c(S(=O)(=O)N(C)CCOCC(=O)O)c(C)c1.Cl.Cl. The third kappa shape index (κ3) is 35.0. The predicted molar refractivity (Wildman–Crippen MR) is 465 cm³/mol. The van der Waals surface area contributed by atoms with E-state index in [1.54, 1.807) is 116 Å². The van der Waals surface area contributed by atoms with Crippen LogP contribution in [0.5, 0.6) is 34.5 Å². The number of halogens is 2. The zero-order chi connectivity index (χ0) is 86.4. The molecule has 0 atom stereocenters. The number of ether oxygens (including phenoxy) is 12. The van der Waals surface area contributed by atoms with Gasteiger partial charge in [-0.2, -0.15) is 12.9 Å². The molecule has 3 aliphatic rings. The van der Waals surface area contributed by atoms with Crippen molar-refractivity contribution in [2.75, 3.05) is 241 Å². The maximum absolute atomic E-state index is 13.1. The molecule has 2 N–H and O–H groups in total. The lowest BCUT2D eigenvalue weighted by Gasteiger charge is -2.26. The second kappa shape index (κ2) is 54.1. The second-order valence-corrected chi connectivity index (χ2v) is 34.6. The number of morpholine rings is 3. The van der Waals surface area contributed by atoms with Crippen LogP contribution in [0.15, 0.2) is 124 Å². The molecule has 9 rings (SSSR count). The molecule has 0 radical (unpaired) electrons. The number of amides is 2. The summed E-state index contributed by atoms with van der Waals surface area (Å²) in [6, 6.07) is 33.8. The van der Waals surface area contributed by atoms with Crippen LogP contribution in [0.25, 0.3) is 0 Å². The van der Waals surface area contributed by atoms with Gasteiger partial charge in [0, 0.05) is 133 Å². The number of carbonyl (C=O) groups excluding carboxylic acids is 2. The summed E-state index contributed by atoms with van der Waals surface area (Å²) in [5.74, 6) is 2.84. The summed E-state index contributed by atoms with van der Waals surface area (Å²) in [6.45, 7) is 26.9. The summed E-state index contributed by atoms with van der Waals surface area (Å²) in [7, 11) is 3.32. The Bertz CT molecular complexity index is 4210. The van der Waals surface area contributed by atoms with Crippen molar-refractivity contribution in [2.45, 2.75) is 75.9 Å². The number of carbonyl (C=O) groups is 3. The highest BCUT2D eigenvalue weighted by atomic mass is 35.5. The van der Waals surface area contributed by atoms with Crippen molar-refractivity contribution < 1.29 is 102 Å². The molecule has 120 heavy (non-hydrogen) atoms. The minimum Gasteiger partial charge on any atom is -0.497 e. The molecule has 3 fully saturated rings.